The van der Waals surface area contributed by atoms with Crippen LogP contribution in [0.5, 0.6) is 0 Å². The van der Waals surface area contributed by atoms with Gasteiger partial charge in [0, 0.05) is 20.2 Å². The molecule has 1 rings (SSSR count). The molecule has 1 aromatic rings. The predicted molar refractivity (Wildman–Crippen MR) is 67.0 cm³/mol. The zero-order chi connectivity index (χ0) is 12.1. The van der Waals surface area contributed by atoms with Gasteiger partial charge in [0.1, 0.15) is 4.88 Å². The number of rotatable bonds is 6. The average Bonchev–Trinajstić information content (AvgIpc) is 2.62. The van der Waals surface area contributed by atoms with Gasteiger partial charge in [0.2, 0.25) is 0 Å². The van der Waals surface area contributed by atoms with E-state index in [1.807, 2.05) is 6.92 Å². The van der Waals surface area contributed by atoms with E-state index < -0.39 is 5.91 Å². The summed E-state index contributed by atoms with van der Waals surface area (Å²) in [6, 6.07) is 1.78. The van der Waals surface area contributed by atoms with E-state index in [-0.39, 0.29) is 0 Å². The molecule has 1 amide bonds. The van der Waals surface area contributed by atoms with Crippen LogP contribution in [0.25, 0.3) is 0 Å². The Bertz CT molecular complexity index is 365. The molecular formula is C10H17N3O2S. The third kappa shape index (κ3) is 2.86. The molecule has 0 fully saturated rings. The number of nitrogens with two attached hydrogens (primary N) is 2. The van der Waals surface area contributed by atoms with Gasteiger partial charge in [0.15, 0.2) is 0 Å². The summed E-state index contributed by atoms with van der Waals surface area (Å²) in [4.78, 5) is 13.6. The topological polar surface area (TPSA) is 81.6 Å². The molecule has 0 spiro atoms. The third-order valence-corrected chi connectivity index (χ3v) is 3.46. The molecule has 0 aliphatic rings. The number of primary amides is 1. The lowest BCUT2D eigenvalue weighted by Gasteiger charge is -2.20. The molecule has 6 heteroatoms. The van der Waals surface area contributed by atoms with Gasteiger partial charge < -0.3 is 21.1 Å². The summed E-state index contributed by atoms with van der Waals surface area (Å²) >= 11 is 1.32. The Balaban J connectivity index is 2.85. The van der Waals surface area contributed by atoms with Crippen molar-refractivity contribution in [1.29, 1.82) is 0 Å². The number of thiophene rings is 1. The predicted octanol–water partition coefficient (Wildman–Crippen LogP) is 0.902. The minimum absolute atomic E-state index is 0.422. The number of hydrogen-bond donors (Lipinski definition) is 2. The van der Waals surface area contributed by atoms with Crippen molar-refractivity contribution in [3.63, 3.8) is 0 Å². The number of likely N-dealkylation sites (N-methyl/N-ethyl adjacent to an activating group) is 1. The number of anilines is 2. The maximum absolute atomic E-state index is 11.1. The second-order valence-electron chi connectivity index (χ2n) is 3.31. The van der Waals surface area contributed by atoms with Gasteiger partial charge in [0.05, 0.1) is 17.3 Å². The summed E-state index contributed by atoms with van der Waals surface area (Å²) in [7, 11) is 1.66. The summed E-state index contributed by atoms with van der Waals surface area (Å²) in [5.41, 5.74) is 11.4. The second kappa shape index (κ2) is 5.72. The second-order valence-corrected chi connectivity index (χ2v) is 4.34. The number of nitrogen functional groups attached to an aromatic ring is 1. The van der Waals surface area contributed by atoms with Crippen molar-refractivity contribution in [2.24, 2.45) is 5.73 Å². The molecule has 0 bridgehead atoms. The van der Waals surface area contributed by atoms with Crippen LogP contribution in [-0.2, 0) is 4.74 Å². The Morgan fingerprint density at radius 3 is 2.75 bits per heavy atom. The van der Waals surface area contributed by atoms with E-state index in [1.54, 1.807) is 13.2 Å². The van der Waals surface area contributed by atoms with Crippen molar-refractivity contribution in [2.75, 3.05) is 37.4 Å². The Morgan fingerprint density at radius 2 is 2.31 bits per heavy atom. The highest BCUT2D eigenvalue weighted by molar-refractivity contribution is 7.18. The van der Waals surface area contributed by atoms with Crippen LogP contribution in [-0.4, -0.2) is 32.7 Å². The normalized spacial score (nSPS) is 10.4. The van der Waals surface area contributed by atoms with Gasteiger partial charge in [-0.2, -0.15) is 0 Å². The van der Waals surface area contributed by atoms with Crippen LogP contribution in [0.4, 0.5) is 10.7 Å². The van der Waals surface area contributed by atoms with Crippen LogP contribution >= 0.6 is 11.3 Å². The van der Waals surface area contributed by atoms with Crippen molar-refractivity contribution in [2.45, 2.75) is 6.92 Å². The summed E-state index contributed by atoms with van der Waals surface area (Å²) in [6.07, 6.45) is 0. The molecule has 0 aromatic carbocycles. The largest absolute Gasteiger partial charge is 0.397 e. The Labute approximate surface area is 99.0 Å². The van der Waals surface area contributed by atoms with Crippen LogP contribution in [0.3, 0.4) is 0 Å². The van der Waals surface area contributed by atoms with Crippen molar-refractivity contribution in [3.8, 4) is 0 Å². The van der Waals surface area contributed by atoms with Crippen LogP contribution in [0, 0.1) is 0 Å². The lowest BCUT2D eigenvalue weighted by atomic mass is 10.3. The molecule has 0 unspecified atom stereocenters. The van der Waals surface area contributed by atoms with Gasteiger partial charge in [-0.3, -0.25) is 4.79 Å². The standard InChI is InChI=1S/C10H17N3O2S/c1-3-13(4-5-15-2)8-6-7(11)9(16-8)10(12)14/h6H,3-5,11H2,1-2H3,(H2,12,14). The number of carbonyl (C=O) groups excluding carboxylic acids is 1. The van der Waals surface area contributed by atoms with Crippen molar-refractivity contribution >= 4 is 27.9 Å². The zero-order valence-electron chi connectivity index (χ0n) is 9.53. The number of methoxy groups -OCH3 is 1. The molecule has 1 aromatic heterocycles. The highest BCUT2D eigenvalue weighted by Gasteiger charge is 2.14. The Kier molecular flexibility index (Phi) is 4.57. The number of carbonyl (C=O) groups is 1. The van der Waals surface area contributed by atoms with Gasteiger partial charge in [-0.25, -0.2) is 0 Å². The summed E-state index contributed by atoms with van der Waals surface area (Å²) < 4.78 is 5.02. The van der Waals surface area contributed by atoms with Crippen molar-refractivity contribution in [1.82, 2.24) is 0 Å². The van der Waals surface area contributed by atoms with Crippen LogP contribution in [0.2, 0.25) is 0 Å². The molecule has 1 heterocycles. The fourth-order valence-corrected chi connectivity index (χ4v) is 2.39. The summed E-state index contributed by atoms with van der Waals surface area (Å²) in [5.74, 6) is -0.475. The molecule has 90 valence electrons. The van der Waals surface area contributed by atoms with Crippen molar-refractivity contribution < 1.29 is 9.53 Å². The number of nitrogens with zero attached hydrogens (tertiary/aromatic N) is 1. The smallest absolute Gasteiger partial charge is 0.260 e. The Hall–Kier alpha value is -1.27. The van der Waals surface area contributed by atoms with Crippen LogP contribution in [0.15, 0.2) is 6.07 Å². The quantitative estimate of drug-likeness (QED) is 0.778. The first-order valence-electron chi connectivity index (χ1n) is 5.03. The van der Waals surface area contributed by atoms with E-state index in [1.165, 1.54) is 11.3 Å². The molecule has 16 heavy (non-hydrogen) atoms. The molecule has 0 aliphatic carbocycles. The monoisotopic (exact) mass is 243 g/mol. The number of hydrogen-bond acceptors (Lipinski definition) is 5. The third-order valence-electron chi connectivity index (χ3n) is 2.23. The molecule has 0 saturated carbocycles. The van der Waals surface area contributed by atoms with Crippen LogP contribution < -0.4 is 16.4 Å². The molecular weight excluding hydrogens is 226 g/mol. The molecule has 4 N–H and O–H groups in total. The molecule has 0 radical (unpaired) electrons. The van der Waals surface area contributed by atoms with E-state index in [9.17, 15) is 4.79 Å². The number of amides is 1. The first-order valence-corrected chi connectivity index (χ1v) is 5.84. The summed E-state index contributed by atoms with van der Waals surface area (Å²) in [5, 5.41) is 0.950. The average molecular weight is 243 g/mol. The molecule has 0 aliphatic heterocycles. The van der Waals surface area contributed by atoms with E-state index >= 15 is 0 Å². The molecule has 0 atom stereocenters. The highest BCUT2D eigenvalue weighted by atomic mass is 32.1. The fraction of sp³-hybridized carbons (Fsp3) is 0.500. The zero-order valence-corrected chi connectivity index (χ0v) is 10.3. The lowest BCUT2D eigenvalue weighted by Crippen LogP contribution is -2.25. The molecule has 5 nitrogen and oxygen atoms in total. The van der Waals surface area contributed by atoms with E-state index in [0.29, 0.717) is 17.2 Å². The highest BCUT2D eigenvalue weighted by Crippen LogP contribution is 2.31. The van der Waals surface area contributed by atoms with Gasteiger partial charge >= 0.3 is 0 Å². The minimum Gasteiger partial charge on any atom is -0.397 e. The van der Waals surface area contributed by atoms with Gasteiger partial charge in [0.25, 0.3) is 5.91 Å². The van der Waals surface area contributed by atoms with Gasteiger partial charge in [-0.15, -0.1) is 11.3 Å². The molecule has 0 saturated heterocycles. The first kappa shape index (κ1) is 12.8. The Morgan fingerprint density at radius 1 is 1.62 bits per heavy atom. The first-order chi connectivity index (χ1) is 7.60. The summed E-state index contributed by atoms with van der Waals surface area (Å²) in [6.45, 7) is 4.28. The maximum Gasteiger partial charge on any atom is 0.260 e. The van der Waals surface area contributed by atoms with E-state index in [0.717, 1.165) is 18.1 Å². The van der Waals surface area contributed by atoms with E-state index in [4.69, 9.17) is 16.2 Å². The maximum atomic E-state index is 11.1. The fourth-order valence-electron chi connectivity index (χ4n) is 1.37. The van der Waals surface area contributed by atoms with Crippen molar-refractivity contribution in [3.05, 3.63) is 10.9 Å². The van der Waals surface area contributed by atoms with Gasteiger partial charge in [-0.1, -0.05) is 0 Å². The van der Waals surface area contributed by atoms with E-state index in [2.05, 4.69) is 4.90 Å². The lowest BCUT2D eigenvalue weighted by molar-refractivity contribution is 0.100. The number of ether oxygens (including phenoxy) is 1. The van der Waals surface area contributed by atoms with Gasteiger partial charge in [-0.05, 0) is 13.0 Å². The SMILES string of the molecule is CCN(CCOC)c1cc(N)c(C(N)=O)s1. The minimum atomic E-state index is -0.475. The van der Waals surface area contributed by atoms with Crippen LogP contribution in [0.1, 0.15) is 16.6 Å².